The zero-order valence-electron chi connectivity index (χ0n) is 14.8. The number of aryl methyl sites for hydroxylation is 2. The highest BCUT2D eigenvalue weighted by Crippen LogP contribution is 2.24. The molecule has 0 aliphatic heterocycles. The van der Waals surface area contributed by atoms with Gasteiger partial charge in [0.1, 0.15) is 5.75 Å². The molecule has 0 bridgehead atoms. The van der Waals surface area contributed by atoms with Crippen molar-refractivity contribution in [3.05, 3.63) is 64.7 Å². The minimum Gasteiger partial charge on any atom is -0.508 e. The summed E-state index contributed by atoms with van der Waals surface area (Å²) in [5.74, 6) is -1.02. The van der Waals surface area contributed by atoms with Gasteiger partial charge in [0.2, 0.25) is 0 Å². The Morgan fingerprint density at radius 2 is 1.88 bits per heavy atom. The second-order valence-corrected chi connectivity index (χ2v) is 6.65. The summed E-state index contributed by atoms with van der Waals surface area (Å²) in [6, 6.07) is 12.0. The van der Waals surface area contributed by atoms with Crippen molar-refractivity contribution in [2.75, 3.05) is 6.61 Å². The van der Waals surface area contributed by atoms with Gasteiger partial charge in [-0.1, -0.05) is 24.3 Å². The minimum atomic E-state index is -0.641. The van der Waals surface area contributed by atoms with Crippen LogP contribution in [0.3, 0.4) is 0 Å². The fourth-order valence-corrected chi connectivity index (χ4v) is 3.24. The maximum Gasteiger partial charge on any atom is 0.338 e. The topological polar surface area (TPSA) is 75.6 Å². The van der Waals surface area contributed by atoms with Gasteiger partial charge in [0, 0.05) is 0 Å². The Kier molecular flexibility index (Phi) is 5.56. The van der Waals surface area contributed by atoms with E-state index in [0.717, 1.165) is 18.4 Å². The summed E-state index contributed by atoms with van der Waals surface area (Å²) in [7, 11) is 0. The molecule has 26 heavy (non-hydrogen) atoms. The van der Waals surface area contributed by atoms with Crippen LogP contribution in [0.15, 0.2) is 42.5 Å². The molecular formula is C21H23NO4. The van der Waals surface area contributed by atoms with Crippen LogP contribution in [0.25, 0.3) is 0 Å². The Balaban J connectivity index is 1.53. The van der Waals surface area contributed by atoms with Crippen molar-refractivity contribution in [1.82, 2.24) is 5.32 Å². The maximum atomic E-state index is 12.1. The molecule has 0 aromatic heterocycles. The number of rotatable bonds is 5. The molecule has 3 rings (SSSR count). The number of carbonyl (C=O) groups is 2. The molecule has 0 saturated heterocycles. The van der Waals surface area contributed by atoms with Crippen molar-refractivity contribution in [3.8, 4) is 5.75 Å². The van der Waals surface area contributed by atoms with E-state index in [2.05, 4.69) is 17.4 Å². The largest absolute Gasteiger partial charge is 0.508 e. The van der Waals surface area contributed by atoms with E-state index in [9.17, 15) is 14.7 Å². The van der Waals surface area contributed by atoms with Crippen molar-refractivity contribution >= 4 is 11.9 Å². The van der Waals surface area contributed by atoms with Gasteiger partial charge in [-0.25, -0.2) is 4.79 Å². The van der Waals surface area contributed by atoms with Crippen molar-refractivity contribution in [2.24, 2.45) is 0 Å². The first-order chi connectivity index (χ1) is 12.5. The smallest absolute Gasteiger partial charge is 0.338 e. The Morgan fingerprint density at radius 3 is 2.65 bits per heavy atom. The molecule has 1 aliphatic carbocycles. The highest BCUT2D eigenvalue weighted by molar-refractivity contribution is 5.91. The van der Waals surface area contributed by atoms with E-state index in [1.807, 2.05) is 13.0 Å². The Labute approximate surface area is 153 Å². The first kappa shape index (κ1) is 18.0. The number of hydrogen-bond acceptors (Lipinski definition) is 4. The average molecular weight is 353 g/mol. The van der Waals surface area contributed by atoms with Crippen LogP contribution in [0, 0.1) is 0 Å². The number of benzene rings is 2. The minimum absolute atomic E-state index is 0.0232. The predicted molar refractivity (Wildman–Crippen MR) is 98.0 cm³/mol. The van der Waals surface area contributed by atoms with Crippen LogP contribution in [0.1, 0.15) is 52.9 Å². The Hall–Kier alpha value is -2.82. The average Bonchev–Trinajstić information content (AvgIpc) is 2.65. The van der Waals surface area contributed by atoms with E-state index in [1.165, 1.54) is 42.2 Å². The maximum absolute atomic E-state index is 12.1. The van der Waals surface area contributed by atoms with E-state index in [4.69, 9.17) is 4.74 Å². The number of nitrogens with one attached hydrogen (secondary N) is 1. The van der Waals surface area contributed by atoms with Gasteiger partial charge in [-0.05, 0) is 67.5 Å². The molecule has 0 fully saturated rings. The lowest BCUT2D eigenvalue weighted by Crippen LogP contribution is -2.31. The zero-order valence-corrected chi connectivity index (χ0v) is 14.8. The summed E-state index contributed by atoms with van der Waals surface area (Å²) < 4.78 is 5.01. The normalized spacial score (nSPS) is 14.2. The molecule has 0 spiro atoms. The highest BCUT2D eigenvalue weighted by atomic mass is 16.5. The molecule has 5 heteroatoms. The van der Waals surface area contributed by atoms with Gasteiger partial charge < -0.3 is 15.2 Å². The molecule has 0 saturated carbocycles. The predicted octanol–water partition coefficient (Wildman–Crippen LogP) is 3.31. The van der Waals surface area contributed by atoms with Gasteiger partial charge in [0.05, 0.1) is 11.6 Å². The number of phenols is 1. The second kappa shape index (κ2) is 8.04. The molecule has 0 heterocycles. The number of phenolic OH excluding ortho intramolecular Hbond substituents is 1. The van der Waals surface area contributed by atoms with Crippen LogP contribution in [0.2, 0.25) is 0 Å². The van der Waals surface area contributed by atoms with Gasteiger partial charge in [-0.2, -0.15) is 0 Å². The Morgan fingerprint density at radius 1 is 1.12 bits per heavy atom. The summed E-state index contributed by atoms with van der Waals surface area (Å²) in [6.07, 6.45) is 4.66. The van der Waals surface area contributed by atoms with Gasteiger partial charge in [-0.15, -0.1) is 0 Å². The number of hydrogen-bond donors (Lipinski definition) is 2. The molecule has 0 unspecified atom stereocenters. The number of amides is 1. The van der Waals surface area contributed by atoms with E-state index in [0.29, 0.717) is 0 Å². The molecule has 1 atom stereocenters. The van der Waals surface area contributed by atoms with Crippen LogP contribution in [0.5, 0.6) is 5.75 Å². The van der Waals surface area contributed by atoms with E-state index >= 15 is 0 Å². The summed E-state index contributed by atoms with van der Waals surface area (Å²) in [5, 5.41) is 12.2. The zero-order chi connectivity index (χ0) is 18.5. The number of carbonyl (C=O) groups excluding carboxylic acids is 2. The quantitative estimate of drug-likeness (QED) is 0.809. The molecule has 2 N–H and O–H groups in total. The summed E-state index contributed by atoms with van der Waals surface area (Å²) in [5.41, 5.74) is 4.03. The van der Waals surface area contributed by atoms with Gasteiger partial charge in [0.25, 0.3) is 5.91 Å². The lowest BCUT2D eigenvalue weighted by molar-refractivity contribution is -0.124. The SMILES string of the molecule is C[C@@H](NC(=O)COC(=O)c1cccc(O)c1)c1ccc2c(c1)CCCC2. The second-order valence-electron chi connectivity index (χ2n) is 6.65. The molecule has 5 nitrogen and oxygen atoms in total. The third-order valence-corrected chi connectivity index (χ3v) is 4.67. The summed E-state index contributed by atoms with van der Waals surface area (Å²) >= 11 is 0. The first-order valence-corrected chi connectivity index (χ1v) is 8.90. The third-order valence-electron chi connectivity index (χ3n) is 4.67. The van der Waals surface area contributed by atoms with Gasteiger partial charge in [-0.3, -0.25) is 4.79 Å². The van der Waals surface area contributed by atoms with Crippen LogP contribution in [0.4, 0.5) is 0 Å². The van der Waals surface area contributed by atoms with Crippen molar-refractivity contribution < 1.29 is 19.4 Å². The fourth-order valence-electron chi connectivity index (χ4n) is 3.24. The number of esters is 1. The number of aromatic hydroxyl groups is 1. The lowest BCUT2D eigenvalue weighted by atomic mass is 9.89. The summed E-state index contributed by atoms with van der Waals surface area (Å²) in [6.45, 7) is 1.56. The standard InChI is InChI=1S/C21H23NO4/c1-14(16-10-9-15-5-2-3-6-17(15)11-16)22-20(24)13-26-21(25)18-7-4-8-19(23)12-18/h4,7-12,14,23H,2-3,5-6,13H2,1H3,(H,22,24)/t14-/m1/s1. The fraction of sp³-hybridized carbons (Fsp3) is 0.333. The van der Waals surface area contributed by atoms with Crippen LogP contribution < -0.4 is 5.32 Å². The molecule has 1 amide bonds. The molecule has 2 aromatic carbocycles. The van der Waals surface area contributed by atoms with Crippen LogP contribution >= 0.6 is 0 Å². The highest BCUT2D eigenvalue weighted by Gasteiger charge is 2.15. The van der Waals surface area contributed by atoms with E-state index in [1.54, 1.807) is 6.07 Å². The van der Waals surface area contributed by atoms with Gasteiger partial charge >= 0.3 is 5.97 Å². The molecule has 1 aliphatic rings. The summed E-state index contributed by atoms with van der Waals surface area (Å²) in [4.78, 5) is 24.0. The van der Waals surface area contributed by atoms with Crippen molar-refractivity contribution in [3.63, 3.8) is 0 Å². The molecular weight excluding hydrogens is 330 g/mol. The lowest BCUT2D eigenvalue weighted by Gasteiger charge is -2.20. The van der Waals surface area contributed by atoms with Gasteiger partial charge in [0.15, 0.2) is 6.61 Å². The van der Waals surface area contributed by atoms with Crippen molar-refractivity contribution in [2.45, 2.75) is 38.6 Å². The van der Waals surface area contributed by atoms with Crippen LogP contribution in [-0.2, 0) is 22.4 Å². The number of fused-ring (bicyclic) bond motifs is 1. The monoisotopic (exact) mass is 353 g/mol. The first-order valence-electron chi connectivity index (χ1n) is 8.90. The molecule has 136 valence electrons. The third kappa shape index (κ3) is 4.42. The van der Waals surface area contributed by atoms with E-state index < -0.39 is 5.97 Å². The Bertz CT molecular complexity index is 815. The van der Waals surface area contributed by atoms with Crippen LogP contribution in [-0.4, -0.2) is 23.6 Å². The molecule has 0 radical (unpaired) electrons. The van der Waals surface area contributed by atoms with E-state index in [-0.39, 0.29) is 29.9 Å². The molecule has 2 aromatic rings. The van der Waals surface area contributed by atoms with Crippen molar-refractivity contribution in [1.29, 1.82) is 0 Å². The number of ether oxygens (including phenoxy) is 1.